The van der Waals surface area contributed by atoms with Crippen molar-refractivity contribution in [1.29, 1.82) is 0 Å². The summed E-state index contributed by atoms with van der Waals surface area (Å²) in [6, 6.07) is 0. The van der Waals surface area contributed by atoms with Crippen LogP contribution in [0.15, 0.2) is 38.0 Å². The zero-order chi connectivity index (χ0) is 12.9. The van der Waals surface area contributed by atoms with Gasteiger partial charge in [-0.25, -0.2) is 14.4 Å². The quantitative estimate of drug-likeness (QED) is 0.516. The lowest BCUT2D eigenvalue weighted by atomic mass is 10.7. The van der Waals surface area contributed by atoms with Crippen molar-refractivity contribution in [3.05, 3.63) is 38.0 Å². The van der Waals surface area contributed by atoms with E-state index in [0.717, 1.165) is 18.2 Å². The SMILES string of the molecule is C=CC(=O)O.C=CC(=O)O.C=CC(=O)O.[P]. The van der Waals surface area contributed by atoms with Crippen LogP contribution >= 0.6 is 9.90 Å². The Labute approximate surface area is 96.2 Å². The molecule has 0 aliphatic carbocycles. The standard InChI is InChI=1S/3C3H4O2.P/c3*1-2-3(4)5;/h3*2H,1H2,(H,4,5);. The number of carboxylic acid groups (broad SMARTS) is 3. The topological polar surface area (TPSA) is 112 Å². The average molecular weight is 247 g/mol. The highest BCUT2D eigenvalue weighted by molar-refractivity contribution is 6.92. The van der Waals surface area contributed by atoms with Gasteiger partial charge >= 0.3 is 17.9 Å². The third-order valence-corrected chi connectivity index (χ3v) is 0.524. The molecule has 0 saturated heterocycles. The summed E-state index contributed by atoms with van der Waals surface area (Å²) >= 11 is 0. The van der Waals surface area contributed by atoms with Gasteiger partial charge in [0.2, 0.25) is 0 Å². The minimum Gasteiger partial charge on any atom is -0.478 e. The van der Waals surface area contributed by atoms with Gasteiger partial charge < -0.3 is 15.3 Å². The van der Waals surface area contributed by atoms with Crippen LogP contribution in [0.2, 0.25) is 0 Å². The molecule has 0 amide bonds. The first-order chi connectivity index (χ1) is 6.81. The molecule has 0 bridgehead atoms. The smallest absolute Gasteiger partial charge is 0.327 e. The van der Waals surface area contributed by atoms with Gasteiger partial charge in [0.1, 0.15) is 0 Å². The molecular formula is C9H12O6P. The predicted molar refractivity (Wildman–Crippen MR) is 60.4 cm³/mol. The molecule has 0 fully saturated rings. The molecule has 0 aliphatic heterocycles. The van der Waals surface area contributed by atoms with Gasteiger partial charge in [0.15, 0.2) is 0 Å². The molecule has 0 aromatic carbocycles. The Kier molecular flexibility index (Phi) is 27.8. The Morgan fingerprint density at radius 3 is 0.750 bits per heavy atom. The molecule has 7 heteroatoms. The number of carbonyl (C=O) groups is 3. The van der Waals surface area contributed by atoms with Gasteiger partial charge in [-0.05, 0) is 0 Å². The Balaban J connectivity index is -0.0000000655. The summed E-state index contributed by atoms with van der Waals surface area (Å²) in [5, 5.41) is 22.8. The molecule has 0 atom stereocenters. The highest BCUT2D eigenvalue weighted by atomic mass is 31.0. The van der Waals surface area contributed by atoms with Crippen molar-refractivity contribution in [2.45, 2.75) is 0 Å². The first kappa shape index (κ1) is 23.7. The first-order valence-electron chi connectivity index (χ1n) is 3.37. The lowest BCUT2D eigenvalue weighted by Gasteiger charge is -1.64. The van der Waals surface area contributed by atoms with Gasteiger partial charge in [0.25, 0.3) is 0 Å². The van der Waals surface area contributed by atoms with Crippen molar-refractivity contribution in [2.24, 2.45) is 0 Å². The monoisotopic (exact) mass is 247 g/mol. The molecule has 0 saturated carbocycles. The van der Waals surface area contributed by atoms with Crippen LogP contribution in [-0.2, 0) is 14.4 Å². The Morgan fingerprint density at radius 1 is 0.688 bits per heavy atom. The highest BCUT2D eigenvalue weighted by Gasteiger charge is 1.74. The van der Waals surface area contributed by atoms with Crippen LogP contribution in [-0.4, -0.2) is 33.2 Å². The van der Waals surface area contributed by atoms with Gasteiger partial charge in [0.05, 0.1) is 0 Å². The minimum absolute atomic E-state index is 0. The molecule has 0 aromatic rings. The molecule has 6 nitrogen and oxygen atoms in total. The molecule has 0 aromatic heterocycles. The van der Waals surface area contributed by atoms with Crippen LogP contribution < -0.4 is 0 Å². The highest BCUT2D eigenvalue weighted by Crippen LogP contribution is 1.55. The molecule has 16 heavy (non-hydrogen) atoms. The third-order valence-electron chi connectivity index (χ3n) is 0.524. The summed E-state index contributed by atoms with van der Waals surface area (Å²) in [7, 11) is 0. The summed E-state index contributed by atoms with van der Waals surface area (Å²) < 4.78 is 0. The molecule has 3 radical (unpaired) electrons. The fourth-order valence-corrected chi connectivity index (χ4v) is 0. The van der Waals surface area contributed by atoms with E-state index in [9.17, 15) is 14.4 Å². The van der Waals surface area contributed by atoms with Crippen LogP contribution in [0, 0.1) is 0 Å². The van der Waals surface area contributed by atoms with E-state index >= 15 is 0 Å². The van der Waals surface area contributed by atoms with Crippen molar-refractivity contribution in [2.75, 3.05) is 0 Å². The zero-order valence-corrected chi connectivity index (χ0v) is 9.26. The minimum atomic E-state index is -0.981. The van der Waals surface area contributed by atoms with E-state index in [0.29, 0.717) is 0 Å². The maximum Gasteiger partial charge on any atom is 0.327 e. The number of hydrogen-bond donors (Lipinski definition) is 3. The fourth-order valence-electron chi connectivity index (χ4n) is 0. The number of rotatable bonds is 3. The van der Waals surface area contributed by atoms with E-state index in [1.54, 1.807) is 0 Å². The van der Waals surface area contributed by atoms with Gasteiger partial charge in [-0.15, -0.1) is 0 Å². The normalized spacial score (nSPS) is 6.00. The van der Waals surface area contributed by atoms with Crippen molar-refractivity contribution >= 4 is 27.8 Å². The predicted octanol–water partition coefficient (Wildman–Crippen LogP) is 1.63. The van der Waals surface area contributed by atoms with Crippen molar-refractivity contribution in [3.8, 4) is 0 Å². The van der Waals surface area contributed by atoms with Crippen LogP contribution in [0.25, 0.3) is 0 Å². The van der Waals surface area contributed by atoms with Crippen molar-refractivity contribution in [3.63, 3.8) is 0 Å². The summed E-state index contributed by atoms with van der Waals surface area (Å²) in [6.45, 7) is 8.88. The molecule has 0 aliphatic rings. The molecule has 0 heterocycles. The van der Waals surface area contributed by atoms with Crippen LogP contribution in [0.5, 0.6) is 0 Å². The molecule has 0 unspecified atom stereocenters. The van der Waals surface area contributed by atoms with Crippen LogP contribution in [0.3, 0.4) is 0 Å². The maximum absolute atomic E-state index is 9.25. The summed E-state index contributed by atoms with van der Waals surface area (Å²) in [5.41, 5.74) is 0. The number of hydrogen-bond acceptors (Lipinski definition) is 3. The summed E-state index contributed by atoms with van der Waals surface area (Å²) in [4.78, 5) is 27.8. The van der Waals surface area contributed by atoms with E-state index in [1.807, 2.05) is 0 Å². The van der Waals surface area contributed by atoms with E-state index in [-0.39, 0.29) is 9.90 Å². The summed E-state index contributed by atoms with van der Waals surface area (Å²) in [6.07, 6.45) is 2.50. The van der Waals surface area contributed by atoms with Gasteiger partial charge in [-0.3, -0.25) is 0 Å². The van der Waals surface area contributed by atoms with E-state index in [1.165, 1.54) is 0 Å². The van der Waals surface area contributed by atoms with Crippen LogP contribution in [0.1, 0.15) is 0 Å². The van der Waals surface area contributed by atoms with E-state index in [4.69, 9.17) is 15.3 Å². The molecule has 0 spiro atoms. The number of carboxylic acids is 3. The van der Waals surface area contributed by atoms with Gasteiger partial charge in [-0.2, -0.15) is 0 Å². The molecular weight excluding hydrogens is 235 g/mol. The van der Waals surface area contributed by atoms with E-state index < -0.39 is 17.9 Å². The van der Waals surface area contributed by atoms with Gasteiger partial charge in [-0.1, -0.05) is 19.7 Å². The molecule has 3 N–H and O–H groups in total. The van der Waals surface area contributed by atoms with Crippen LogP contribution in [0.4, 0.5) is 0 Å². The second-order valence-corrected chi connectivity index (χ2v) is 1.63. The maximum atomic E-state index is 9.25. The first-order valence-corrected chi connectivity index (χ1v) is 3.37. The van der Waals surface area contributed by atoms with E-state index in [2.05, 4.69) is 19.7 Å². The third kappa shape index (κ3) is 89.5. The molecule has 89 valence electrons. The summed E-state index contributed by atoms with van der Waals surface area (Å²) in [5.74, 6) is -2.94. The largest absolute Gasteiger partial charge is 0.478 e. The lowest BCUT2D eigenvalue weighted by molar-refractivity contribution is -0.132. The lowest BCUT2D eigenvalue weighted by Crippen LogP contribution is -1.82. The van der Waals surface area contributed by atoms with Crippen molar-refractivity contribution in [1.82, 2.24) is 0 Å². The second-order valence-electron chi connectivity index (χ2n) is 1.63. The Hall–Kier alpha value is -1.94. The molecule has 0 rings (SSSR count). The Bertz CT molecular complexity index is 216. The van der Waals surface area contributed by atoms with Gasteiger partial charge in [0, 0.05) is 28.1 Å². The average Bonchev–Trinajstić information content (AvgIpc) is 2.19. The Morgan fingerprint density at radius 2 is 0.750 bits per heavy atom. The zero-order valence-electron chi connectivity index (χ0n) is 8.37. The fraction of sp³-hybridized carbons (Fsp3) is 0. The second kappa shape index (κ2) is 18.8. The van der Waals surface area contributed by atoms with Crippen molar-refractivity contribution < 1.29 is 29.7 Å². The number of aliphatic carboxylic acids is 3.